The third-order valence-electron chi connectivity index (χ3n) is 5.04. The molecule has 1 aromatic rings. The SMILES string of the molecule is CC(C)[C@@H](C(=O)OCc1ccccc1)N(C)C(=O)N1CCCC(CS(=O)(=O)F)C1. The van der Waals surface area contributed by atoms with Crippen molar-refractivity contribution < 1.29 is 26.6 Å². The fourth-order valence-corrected chi connectivity index (χ4v) is 4.53. The summed E-state index contributed by atoms with van der Waals surface area (Å²) in [7, 11) is -3.06. The highest BCUT2D eigenvalue weighted by Crippen LogP contribution is 2.22. The van der Waals surface area contributed by atoms with Gasteiger partial charge in [0.05, 0.1) is 5.75 Å². The Hall–Kier alpha value is -2.16. The van der Waals surface area contributed by atoms with E-state index in [0.29, 0.717) is 19.4 Å². The normalized spacial score (nSPS) is 18.4. The first-order chi connectivity index (χ1) is 13.6. The predicted molar refractivity (Wildman–Crippen MR) is 107 cm³/mol. The first-order valence-corrected chi connectivity index (χ1v) is 11.3. The summed E-state index contributed by atoms with van der Waals surface area (Å²) in [5.41, 5.74) is 0.851. The molecule has 2 rings (SSSR count). The van der Waals surface area contributed by atoms with Crippen LogP contribution in [-0.4, -0.2) is 62.1 Å². The van der Waals surface area contributed by atoms with Crippen LogP contribution in [0.25, 0.3) is 0 Å². The number of ether oxygens (including phenoxy) is 1. The molecule has 9 heteroatoms. The maximum Gasteiger partial charge on any atom is 0.329 e. The molecule has 1 fully saturated rings. The van der Waals surface area contributed by atoms with Crippen molar-refractivity contribution in [1.82, 2.24) is 9.80 Å². The average Bonchev–Trinajstić information content (AvgIpc) is 2.65. The minimum Gasteiger partial charge on any atom is -0.459 e. The highest BCUT2D eigenvalue weighted by atomic mass is 32.3. The van der Waals surface area contributed by atoms with Crippen molar-refractivity contribution in [3.8, 4) is 0 Å². The lowest BCUT2D eigenvalue weighted by Crippen LogP contribution is -2.53. The zero-order valence-corrected chi connectivity index (χ0v) is 17.9. The van der Waals surface area contributed by atoms with E-state index in [0.717, 1.165) is 5.56 Å². The van der Waals surface area contributed by atoms with Crippen LogP contribution in [0.5, 0.6) is 0 Å². The fraction of sp³-hybridized carbons (Fsp3) is 0.600. The highest BCUT2D eigenvalue weighted by Gasteiger charge is 2.35. The summed E-state index contributed by atoms with van der Waals surface area (Å²) in [6.07, 6.45) is 1.13. The van der Waals surface area contributed by atoms with Crippen LogP contribution in [0.15, 0.2) is 30.3 Å². The summed E-state index contributed by atoms with van der Waals surface area (Å²) in [6.45, 7) is 4.36. The van der Waals surface area contributed by atoms with Crippen molar-refractivity contribution in [2.24, 2.45) is 11.8 Å². The molecule has 1 aromatic carbocycles. The molecule has 0 saturated carbocycles. The standard InChI is InChI=1S/C20H29FN2O5S/c1-15(2)18(19(24)28-13-16-8-5-4-6-9-16)22(3)20(25)23-11-7-10-17(12-23)14-29(21,26)27/h4-6,8-9,15,17-18H,7,10-14H2,1-3H3/t17?,18-/m0/s1. The lowest BCUT2D eigenvalue weighted by atomic mass is 10.00. The zero-order chi connectivity index (χ0) is 21.6. The first-order valence-electron chi connectivity index (χ1n) is 9.73. The summed E-state index contributed by atoms with van der Waals surface area (Å²) in [5.74, 6) is -1.72. The third-order valence-corrected chi connectivity index (χ3v) is 5.91. The van der Waals surface area contributed by atoms with Gasteiger partial charge in [-0.3, -0.25) is 0 Å². The van der Waals surface area contributed by atoms with E-state index in [1.165, 1.54) is 16.8 Å². The van der Waals surface area contributed by atoms with Crippen LogP contribution in [0.4, 0.5) is 8.68 Å². The number of halogens is 1. The third kappa shape index (κ3) is 6.99. The van der Waals surface area contributed by atoms with E-state index in [2.05, 4.69) is 0 Å². The van der Waals surface area contributed by atoms with Crippen LogP contribution >= 0.6 is 0 Å². The van der Waals surface area contributed by atoms with Gasteiger partial charge in [0.25, 0.3) is 0 Å². The van der Waals surface area contributed by atoms with Crippen LogP contribution in [0.1, 0.15) is 32.3 Å². The maximum absolute atomic E-state index is 13.0. The molecule has 162 valence electrons. The summed E-state index contributed by atoms with van der Waals surface area (Å²) in [4.78, 5) is 28.4. The molecule has 0 N–H and O–H groups in total. The van der Waals surface area contributed by atoms with Gasteiger partial charge in [-0.15, -0.1) is 3.89 Å². The molecular formula is C20H29FN2O5S. The number of carbonyl (C=O) groups is 2. The number of likely N-dealkylation sites (N-methyl/N-ethyl adjacent to an activating group) is 1. The van der Waals surface area contributed by atoms with Gasteiger partial charge in [-0.25, -0.2) is 9.59 Å². The summed E-state index contributed by atoms with van der Waals surface area (Å²) in [5, 5.41) is 0. The molecule has 1 saturated heterocycles. The van der Waals surface area contributed by atoms with E-state index in [1.807, 2.05) is 44.2 Å². The van der Waals surface area contributed by atoms with Gasteiger partial charge >= 0.3 is 22.2 Å². The van der Waals surface area contributed by atoms with Gasteiger partial charge in [0, 0.05) is 20.1 Å². The number of likely N-dealkylation sites (tertiary alicyclic amines) is 1. The van der Waals surface area contributed by atoms with Crippen molar-refractivity contribution in [2.45, 2.75) is 39.3 Å². The second-order valence-electron chi connectivity index (χ2n) is 7.84. The molecule has 2 amide bonds. The summed E-state index contributed by atoms with van der Waals surface area (Å²) < 4.78 is 40.3. The quantitative estimate of drug-likeness (QED) is 0.493. The summed E-state index contributed by atoms with van der Waals surface area (Å²) >= 11 is 0. The molecule has 0 spiro atoms. The molecule has 1 aliphatic rings. The number of hydrogen-bond donors (Lipinski definition) is 0. The van der Waals surface area contributed by atoms with E-state index >= 15 is 0 Å². The minimum atomic E-state index is -4.60. The maximum atomic E-state index is 13.0. The van der Waals surface area contributed by atoms with E-state index in [4.69, 9.17) is 4.74 Å². The van der Waals surface area contributed by atoms with Crippen LogP contribution in [0, 0.1) is 11.8 Å². The fourth-order valence-electron chi connectivity index (χ4n) is 3.69. The van der Waals surface area contributed by atoms with Gasteiger partial charge in [-0.05, 0) is 30.2 Å². The molecule has 0 aliphatic carbocycles. The number of nitrogens with zero attached hydrogens (tertiary/aromatic N) is 2. The van der Waals surface area contributed by atoms with Gasteiger partial charge in [-0.1, -0.05) is 44.2 Å². The number of urea groups is 1. The second-order valence-corrected chi connectivity index (χ2v) is 9.25. The van der Waals surface area contributed by atoms with E-state index in [9.17, 15) is 21.9 Å². The number of esters is 1. The number of amides is 2. The molecule has 0 radical (unpaired) electrons. The Balaban J connectivity index is 2.02. The number of benzene rings is 1. The molecule has 7 nitrogen and oxygen atoms in total. The van der Waals surface area contributed by atoms with Gasteiger partial charge in [-0.2, -0.15) is 8.42 Å². The Morgan fingerprint density at radius 1 is 1.28 bits per heavy atom. The van der Waals surface area contributed by atoms with Gasteiger partial charge in [0.2, 0.25) is 0 Å². The Kier molecular flexibility index (Phi) is 8.01. The first kappa shape index (κ1) is 23.1. The van der Waals surface area contributed by atoms with Crippen molar-refractivity contribution in [3.63, 3.8) is 0 Å². The van der Waals surface area contributed by atoms with Crippen LogP contribution in [-0.2, 0) is 26.4 Å². The second kappa shape index (κ2) is 10.0. The van der Waals surface area contributed by atoms with Crippen molar-refractivity contribution in [2.75, 3.05) is 25.9 Å². The largest absolute Gasteiger partial charge is 0.459 e. The number of rotatable bonds is 7. The van der Waals surface area contributed by atoms with Gasteiger partial charge in [0.15, 0.2) is 0 Å². The molecule has 1 unspecified atom stereocenters. The van der Waals surface area contributed by atoms with Crippen molar-refractivity contribution >= 4 is 22.2 Å². The Bertz CT molecular complexity index is 800. The van der Waals surface area contributed by atoms with Gasteiger partial charge in [0.1, 0.15) is 12.6 Å². The number of piperidine rings is 1. The molecule has 0 bridgehead atoms. The molecule has 29 heavy (non-hydrogen) atoms. The minimum absolute atomic E-state index is 0.116. The van der Waals surface area contributed by atoms with Crippen LogP contribution in [0.2, 0.25) is 0 Å². The molecule has 2 atom stereocenters. The monoisotopic (exact) mass is 428 g/mol. The predicted octanol–water partition coefficient (Wildman–Crippen LogP) is 2.82. The lowest BCUT2D eigenvalue weighted by Gasteiger charge is -2.37. The Labute approximate surface area is 172 Å². The van der Waals surface area contributed by atoms with Gasteiger partial charge < -0.3 is 14.5 Å². The zero-order valence-electron chi connectivity index (χ0n) is 17.1. The van der Waals surface area contributed by atoms with Crippen molar-refractivity contribution in [1.29, 1.82) is 0 Å². The van der Waals surface area contributed by atoms with Crippen LogP contribution in [0.3, 0.4) is 0 Å². The Morgan fingerprint density at radius 3 is 2.52 bits per heavy atom. The molecule has 1 heterocycles. The Morgan fingerprint density at radius 2 is 1.93 bits per heavy atom. The van der Waals surface area contributed by atoms with E-state index < -0.39 is 33.9 Å². The van der Waals surface area contributed by atoms with E-state index in [1.54, 1.807) is 0 Å². The van der Waals surface area contributed by atoms with E-state index in [-0.39, 0.29) is 25.1 Å². The smallest absolute Gasteiger partial charge is 0.329 e. The van der Waals surface area contributed by atoms with Crippen molar-refractivity contribution in [3.05, 3.63) is 35.9 Å². The van der Waals surface area contributed by atoms with Crippen LogP contribution < -0.4 is 0 Å². The topological polar surface area (TPSA) is 84.0 Å². The highest BCUT2D eigenvalue weighted by molar-refractivity contribution is 7.86. The average molecular weight is 429 g/mol. The molecule has 0 aromatic heterocycles. The number of hydrogen-bond acceptors (Lipinski definition) is 5. The number of carbonyl (C=O) groups excluding carboxylic acids is 2. The molecule has 1 aliphatic heterocycles. The molecular weight excluding hydrogens is 399 g/mol. The lowest BCUT2D eigenvalue weighted by molar-refractivity contribution is -0.151. The summed E-state index contributed by atoms with van der Waals surface area (Å²) in [6, 6.07) is 8.09.